The number of hydrogen-bond donors (Lipinski definition) is 1. The van der Waals surface area contributed by atoms with Crippen LogP contribution in [0.25, 0.3) is 0 Å². The Kier molecular flexibility index (Phi) is 3.85. The van der Waals surface area contributed by atoms with Crippen molar-refractivity contribution in [3.8, 4) is 0 Å². The minimum Gasteiger partial charge on any atom is -0.359 e. The van der Waals surface area contributed by atoms with Crippen LogP contribution < -0.4 is 0 Å². The molecule has 16 heavy (non-hydrogen) atoms. The van der Waals surface area contributed by atoms with E-state index in [0.717, 1.165) is 9.37 Å². The summed E-state index contributed by atoms with van der Waals surface area (Å²) >= 11 is 4.99. The molecule has 1 heterocycles. The van der Waals surface area contributed by atoms with E-state index in [4.69, 9.17) is 0 Å². The highest BCUT2D eigenvalue weighted by Gasteiger charge is 2.08. The summed E-state index contributed by atoms with van der Waals surface area (Å²) in [6, 6.07) is 11.5. The Bertz CT molecular complexity index is 482. The first kappa shape index (κ1) is 11.5. The predicted molar refractivity (Wildman–Crippen MR) is 70.0 cm³/mol. The highest BCUT2D eigenvalue weighted by Crippen LogP contribution is 2.27. The third-order valence-electron chi connectivity index (χ3n) is 2.09. The molecule has 0 fully saturated rings. The summed E-state index contributed by atoms with van der Waals surface area (Å²) in [4.78, 5) is 15.7. The van der Waals surface area contributed by atoms with Gasteiger partial charge in [-0.25, -0.2) is 0 Å². The van der Waals surface area contributed by atoms with Crippen LogP contribution in [0.5, 0.6) is 0 Å². The van der Waals surface area contributed by atoms with Crippen molar-refractivity contribution in [2.75, 3.05) is 5.75 Å². The van der Waals surface area contributed by atoms with Crippen molar-refractivity contribution >= 4 is 33.5 Å². The van der Waals surface area contributed by atoms with Crippen molar-refractivity contribution in [3.63, 3.8) is 0 Å². The van der Waals surface area contributed by atoms with Gasteiger partial charge in [0.2, 0.25) is 0 Å². The average molecular weight is 296 g/mol. The Morgan fingerprint density at radius 1 is 1.25 bits per heavy atom. The van der Waals surface area contributed by atoms with Crippen molar-refractivity contribution in [3.05, 3.63) is 52.8 Å². The van der Waals surface area contributed by atoms with Crippen molar-refractivity contribution < 1.29 is 4.79 Å². The van der Waals surface area contributed by atoms with E-state index in [-0.39, 0.29) is 5.78 Å². The standard InChI is InChI=1S/C12H10BrNOS/c13-9-4-1-2-6-12(9)16-8-11(15)10-5-3-7-14-10/h1-7,14H,8H2. The highest BCUT2D eigenvalue weighted by atomic mass is 79.9. The summed E-state index contributed by atoms with van der Waals surface area (Å²) in [7, 11) is 0. The van der Waals surface area contributed by atoms with Crippen LogP contribution in [0.15, 0.2) is 52.0 Å². The Morgan fingerprint density at radius 2 is 2.06 bits per heavy atom. The fourth-order valence-electron chi connectivity index (χ4n) is 1.29. The highest BCUT2D eigenvalue weighted by molar-refractivity contribution is 9.10. The van der Waals surface area contributed by atoms with Crippen LogP contribution in [0.3, 0.4) is 0 Å². The third-order valence-corrected chi connectivity index (χ3v) is 4.12. The molecule has 0 saturated carbocycles. The lowest BCUT2D eigenvalue weighted by atomic mass is 10.3. The molecule has 82 valence electrons. The summed E-state index contributed by atoms with van der Waals surface area (Å²) in [5.41, 5.74) is 0.666. The summed E-state index contributed by atoms with van der Waals surface area (Å²) in [6.45, 7) is 0. The number of aromatic nitrogens is 1. The lowest BCUT2D eigenvalue weighted by molar-refractivity contribution is 0.101. The lowest BCUT2D eigenvalue weighted by Crippen LogP contribution is -2.02. The molecule has 0 amide bonds. The first-order valence-electron chi connectivity index (χ1n) is 4.81. The van der Waals surface area contributed by atoms with Gasteiger partial charge in [-0.15, -0.1) is 11.8 Å². The van der Waals surface area contributed by atoms with Gasteiger partial charge in [0, 0.05) is 15.6 Å². The van der Waals surface area contributed by atoms with E-state index in [0.29, 0.717) is 11.4 Å². The van der Waals surface area contributed by atoms with E-state index in [9.17, 15) is 4.79 Å². The zero-order chi connectivity index (χ0) is 11.4. The predicted octanol–water partition coefficient (Wildman–Crippen LogP) is 3.75. The molecule has 0 saturated heterocycles. The Labute approximate surface area is 107 Å². The number of benzene rings is 1. The van der Waals surface area contributed by atoms with E-state index in [1.54, 1.807) is 12.3 Å². The molecule has 2 nitrogen and oxygen atoms in total. The van der Waals surface area contributed by atoms with Crippen LogP contribution in [0.2, 0.25) is 0 Å². The van der Waals surface area contributed by atoms with Gasteiger partial charge in [-0.2, -0.15) is 0 Å². The fourth-order valence-corrected chi connectivity index (χ4v) is 2.74. The van der Waals surface area contributed by atoms with Crippen LogP contribution in [0.4, 0.5) is 0 Å². The smallest absolute Gasteiger partial charge is 0.189 e. The van der Waals surface area contributed by atoms with Gasteiger partial charge >= 0.3 is 0 Å². The quantitative estimate of drug-likeness (QED) is 0.688. The fraction of sp³-hybridized carbons (Fsp3) is 0.0833. The number of halogens is 1. The Hall–Kier alpha value is -1.00. The molecule has 1 aromatic carbocycles. The molecule has 0 bridgehead atoms. The Balaban J connectivity index is 1.98. The SMILES string of the molecule is O=C(CSc1ccccc1Br)c1ccc[nH]1. The van der Waals surface area contributed by atoms with E-state index >= 15 is 0 Å². The normalized spacial score (nSPS) is 10.3. The van der Waals surface area contributed by atoms with Gasteiger partial charge < -0.3 is 4.98 Å². The second-order valence-electron chi connectivity index (χ2n) is 3.23. The summed E-state index contributed by atoms with van der Waals surface area (Å²) < 4.78 is 1.03. The zero-order valence-corrected chi connectivity index (χ0v) is 10.8. The number of thioether (sulfide) groups is 1. The van der Waals surface area contributed by atoms with E-state index in [2.05, 4.69) is 20.9 Å². The summed E-state index contributed by atoms with van der Waals surface area (Å²) in [5.74, 6) is 0.564. The zero-order valence-electron chi connectivity index (χ0n) is 8.44. The van der Waals surface area contributed by atoms with Crippen molar-refractivity contribution in [1.29, 1.82) is 0 Å². The molecule has 4 heteroatoms. The summed E-state index contributed by atoms with van der Waals surface area (Å²) in [5, 5.41) is 0. The van der Waals surface area contributed by atoms with Crippen molar-refractivity contribution in [1.82, 2.24) is 4.98 Å². The van der Waals surface area contributed by atoms with Crippen LogP contribution >= 0.6 is 27.7 Å². The minimum atomic E-state index is 0.116. The van der Waals surface area contributed by atoms with Gasteiger partial charge in [0.1, 0.15) is 0 Å². The molecule has 2 aromatic rings. The molecule has 2 rings (SSSR count). The van der Waals surface area contributed by atoms with Crippen molar-refractivity contribution in [2.45, 2.75) is 4.90 Å². The maximum atomic E-state index is 11.7. The molecule has 1 N–H and O–H groups in total. The molecule has 0 spiro atoms. The first-order chi connectivity index (χ1) is 7.77. The van der Waals surface area contributed by atoms with Crippen LogP contribution in [0, 0.1) is 0 Å². The monoisotopic (exact) mass is 295 g/mol. The number of nitrogens with one attached hydrogen (secondary N) is 1. The molecular weight excluding hydrogens is 286 g/mol. The lowest BCUT2D eigenvalue weighted by Gasteiger charge is -2.02. The summed E-state index contributed by atoms with van der Waals surface area (Å²) in [6.07, 6.45) is 1.76. The molecule has 0 aliphatic heterocycles. The number of Topliss-reactive ketones (excluding diaryl/α,β-unsaturated/α-hetero) is 1. The number of ketones is 1. The minimum absolute atomic E-state index is 0.116. The Morgan fingerprint density at radius 3 is 2.75 bits per heavy atom. The van der Waals surface area contributed by atoms with Gasteiger partial charge in [-0.05, 0) is 40.2 Å². The molecule has 0 atom stereocenters. The maximum Gasteiger partial charge on any atom is 0.189 e. The second kappa shape index (κ2) is 5.37. The number of carbonyl (C=O) groups is 1. The van der Waals surface area contributed by atoms with Gasteiger partial charge in [-0.1, -0.05) is 12.1 Å². The third kappa shape index (κ3) is 2.77. The number of rotatable bonds is 4. The van der Waals surface area contributed by atoms with E-state index < -0.39 is 0 Å². The van der Waals surface area contributed by atoms with Gasteiger partial charge in [0.25, 0.3) is 0 Å². The topological polar surface area (TPSA) is 32.9 Å². The first-order valence-corrected chi connectivity index (χ1v) is 6.59. The van der Waals surface area contributed by atoms with Crippen LogP contribution in [0.1, 0.15) is 10.5 Å². The van der Waals surface area contributed by atoms with Crippen molar-refractivity contribution in [2.24, 2.45) is 0 Å². The van der Waals surface area contributed by atoms with Gasteiger partial charge in [-0.3, -0.25) is 4.79 Å². The average Bonchev–Trinajstić information content (AvgIpc) is 2.81. The molecule has 0 radical (unpaired) electrons. The maximum absolute atomic E-state index is 11.7. The van der Waals surface area contributed by atoms with Gasteiger partial charge in [0.05, 0.1) is 11.4 Å². The molecular formula is C12H10BrNOS. The largest absolute Gasteiger partial charge is 0.359 e. The number of H-pyrrole nitrogens is 1. The van der Waals surface area contributed by atoms with Crippen LogP contribution in [-0.2, 0) is 0 Å². The number of aromatic amines is 1. The van der Waals surface area contributed by atoms with E-state index in [1.807, 2.05) is 30.3 Å². The number of carbonyl (C=O) groups excluding carboxylic acids is 1. The molecule has 0 aliphatic carbocycles. The second-order valence-corrected chi connectivity index (χ2v) is 5.10. The molecule has 0 aliphatic rings. The van der Waals surface area contributed by atoms with E-state index in [1.165, 1.54) is 11.8 Å². The van der Waals surface area contributed by atoms with Gasteiger partial charge in [0.15, 0.2) is 5.78 Å². The number of hydrogen-bond acceptors (Lipinski definition) is 2. The molecule has 1 aromatic heterocycles. The van der Waals surface area contributed by atoms with Crippen LogP contribution in [-0.4, -0.2) is 16.5 Å². The molecule has 0 unspecified atom stereocenters.